The first kappa shape index (κ1) is 11.3. The fourth-order valence-electron chi connectivity index (χ4n) is 1.70. The Morgan fingerprint density at radius 1 is 1.57 bits per heavy atom. The molecule has 0 radical (unpaired) electrons. The summed E-state index contributed by atoms with van der Waals surface area (Å²) in [4.78, 5) is 13.5. The van der Waals surface area contributed by atoms with Crippen molar-refractivity contribution in [3.63, 3.8) is 0 Å². The summed E-state index contributed by atoms with van der Waals surface area (Å²) < 4.78 is 5.31. The fraction of sp³-hybridized carbons (Fsp3) is 0.900. The minimum atomic E-state index is -0.397. The van der Waals surface area contributed by atoms with Gasteiger partial charge in [-0.25, -0.2) is 4.79 Å². The van der Waals surface area contributed by atoms with Gasteiger partial charge in [0.25, 0.3) is 0 Å². The summed E-state index contributed by atoms with van der Waals surface area (Å²) in [6.45, 7) is 7.26. The van der Waals surface area contributed by atoms with Gasteiger partial charge in [-0.1, -0.05) is 0 Å². The monoisotopic (exact) mass is 201 g/mol. The highest BCUT2D eigenvalue weighted by molar-refractivity contribution is 5.68. The summed E-state index contributed by atoms with van der Waals surface area (Å²) in [5.74, 6) is 0. The molecule has 1 atom stereocenters. The van der Waals surface area contributed by atoms with Crippen molar-refractivity contribution in [2.24, 2.45) is 0 Å². The molecular formula is C10H21N2O2+. The number of quaternary nitrogens is 1. The highest BCUT2D eigenvalue weighted by Gasteiger charge is 2.32. The van der Waals surface area contributed by atoms with Gasteiger partial charge in [0, 0.05) is 6.54 Å². The number of likely N-dealkylation sites (tertiary alicyclic amines) is 1. The molecule has 0 unspecified atom stereocenters. The van der Waals surface area contributed by atoms with E-state index >= 15 is 0 Å². The molecular weight excluding hydrogens is 180 g/mol. The van der Waals surface area contributed by atoms with E-state index in [4.69, 9.17) is 4.74 Å². The standard InChI is InChI=1S/C10H20N2O2/c1-10(2,3)14-9(13)12-6-4-5-8(12)7-11/h8H,4-7,11H2,1-3H3/p+1/t8-/m0/s1. The predicted octanol–water partition coefficient (Wildman–Crippen LogP) is 0.628. The molecule has 0 aromatic carbocycles. The van der Waals surface area contributed by atoms with Crippen molar-refractivity contribution in [1.29, 1.82) is 0 Å². The number of amides is 1. The largest absolute Gasteiger partial charge is 0.444 e. The van der Waals surface area contributed by atoms with Gasteiger partial charge in [0.1, 0.15) is 5.60 Å². The highest BCUT2D eigenvalue weighted by atomic mass is 16.6. The smallest absolute Gasteiger partial charge is 0.410 e. The van der Waals surface area contributed by atoms with E-state index in [0.29, 0.717) is 0 Å². The molecule has 0 bridgehead atoms. The number of hydrogen-bond donors (Lipinski definition) is 1. The molecule has 1 aliphatic rings. The van der Waals surface area contributed by atoms with Gasteiger partial charge in [-0.15, -0.1) is 0 Å². The number of rotatable bonds is 1. The number of nitrogens with zero attached hydrogens (tertiary/aromatic N) is 1. The van der Waals surface area contributed by atoms with Crippen molar-refractivity contribution in [1.82, 2.24) is 4.90 Å². The predicted molar refractivity (Wildman–Crippen MR) is 53.7 cm³/mol. The lowest BCUT2D eigenvalue weighted by atomic mass is 10.2. The summed E-state index contributed by atoms with van der Waals surface area (Å²) in [5.41, 5.74) is 3.45. The molecule has 0 aromatic rings. The molecule has 0 saturated carbocycles. The average molecular weight is 201 g/mol. The van der Waals surface area contributed by atoms with Crippen molar-refractivity contribution < 1.29 is 15.3 Å². The van der Waals surface area contributed by atoms with Crippen LogP contribution in [0.3, 0.4) is 0 Å². The van der Waals surface area contributed by atoms with E-state index in [1.54, 1.807) is 4.90 Å². The molecule has 3 N–H and O–H groups in total. The topological polar surface area (TPSA) is 57.2 Å². The summed E-state index contributed by atoms with van der Waals surface area (Å²) in [6, 6.07) is 0.282. The van der Waals surface area contributed by atoms with E-state index in [2.05, 4.69) is 5.73 Å². The lowest BCUT2D eigenvalue weighted by molar-refractivity contribution is -0.376. The zero-order valence-electron chi connectivity index (χ0n) is 9.38. The Bertz CT molecular complexity index is 211. The average Bonchev–Trinajstić information content (AvgIpc) is 2.47. The van der Waals surface area contributed by atoms with Crippen LogP contribution in [0.5, 0.6) is 0 Å². The second kappa shape index (κ2) is 4.17. The summed E-state index contributed by atoms with van der Waals surface area (Å²) in [5, 5.41) is 0. The van der Waals surface area contributed by atoms with Gasteiger partial charge in [0.2, 0.25) is 0 Å². The maximum atomic E-state index is 11.7. The molecule has 14 heavy (non-hydrogen) atoms. The van der Waals surface area contributed by atoms with Gasteiger partial charge in [-0.2, -0.15) is 0 Å². The van der Waals surface area contributed by atoms with Crippen LogP contribution in [-0.4, -0.2) is 35.7 Å². The third kappa shape index (κ3) is 2.87. The molecule has 1 rings (SSSR count). The van der Waals surface area contributed by atoms with Crippen LogP contribution in [0.2, 0.25) is 0 Å². The Kier molecular flexibility index (Phi) is 3.37. The van der Waals surface area contributed by atoms with Crippen LogP contribution in [0.15, 0.2) is 0 Å². The van der Waals surface area contributed by atoms with E-state index in [0.717, 1.165) is 25.9 Å². The first-order valence-electron chi connectivity index (χ1n) is 5.23. The molecule has 82 valence electrons. The number of ether oxygens (including phenoxy) is 1. The maximum absolute atomic E-state index is 11.7. The van der Waals surface area contributed by atoms with Gasteiger partial charge in [0.15, 0.2) is 0 Å². The summed E-state index contributed by atoms with van der Waals surface area (Å²) in [7, 11) is 0. The van der Waals surface area contributed by atoms with Crippen LogP contribution < -0.4 is 5.73 Å². The van der Waals surface area contributed by atoms with E-state index in [-0.39, 0.29) is 12.1 Å². The van der Waals surface area contributed by atoms with Gasteiger partial charge >= 0.3 is 6.09 Å². The molecule has 1 heterocycles. The number of hydrogen-bond acceptors (Lipinski definition) is 2. The molecule has 1 aliphatic heterocycles. The van der Waals surface area contributed by atoms with Crippen molar-refractivity contribution in [2.45, 2.75) is 45.3 Å². The minimum Gasteiger partial charge on any atom is -0.444 e. The van der Waals surface area contributed by atoms with Crippen LogP contribution in [-0.2, 0) is 4.74 Å². The Balaban J connectivity index is 2.52. The summed E-state index contributed by atoms with van der Waals surface area (Å²) in [6.07, 6.45) is 1.94. The van der Waals surface area contributed by atoms with Crippen molar-refractivity contribution in [3.05, 3.63) is 0 Å². The first-order chi connectivity index (χ1) is 6.44. The second-order valence-electron chi connectivity index (χ2n) is 4.76. The van der Waals surface area contributed by atoms with Crippen LogP contribution in [0.1, 0.15) is 33.6 Å². The third-order valence-electron chi connectivity index (χ3n) is 2.34. The molecule has 1 saturated heterocycles. The Morgan fingerprint density at radius 2 is 2.21 bits per heavy atom. The Labute approximate surface area is 85.4 Å². The van der Waals surface area contributed by atoms with Crippen LogP contribution in [0.25, 0.3) is 0 Å². The molecule has 1 amide bonds. The quantitative estimate of drug-likeness (QED) is 0.676. The van der Waals surface area contributed by atoms with E-state index in [9.17, 15) is 4.79 Å². The lowest BCUT2D eigenvalue weighted by Gasteiger charge is -2.27. The molecule has 0 aliphatic carbocycles. The van der Waals surface area contributed by atoms with E-state index in [1.165, 1.54) is 0 Å². The van der Waals surface area contributed by atoms with Gasteiger partial charge in [-0.3, -0.25) is 4.90 Å². The Morgan fingerprint density at radius 3 is 2.71 bits per heavy atom. The lowest BCUT2D eigenvalue weighted by Crippen LogP contribution is -2.59. The van der Waals surface area contributed by atoms with Gasteiger partial charge in [0.05, 0.1) is 12.6 Å². The third-order valence-corrected chi connectivity index (χ3v) is 2.34. The maximum Gasteiger partial charge on any atom is 0.410 e. The van der Waals surface area contributed by atoms with E-state index in [1.807, 2.05) is 20.8 Å². The number of carbonyl (C=O) groups excluding carboxylic acids is 1. The van der Waals surface area contributed by atoms with Gasteiger partial charge < -0.3 is 10.5 Å². The molecule has 0 aromatic heterocycles. The normalized spacial score (nSPS) is 22.6. The zero-order chi connectivity index (χ0) is 10.8. The summed E-state index contributed by atoms with van der Waals surface area (Å²) >= 11 is 0. The highest BCUT2D eigenvalue weighted by Crippen LogP contribution is 2.19. The first-order valence-corrected chi connectivity index (χ1v) is 5.23. The van der Waals surface area contributed by atoms with Crippen LogP contribution in [0, 0.1) is 0 Å². The Hall–Kier alpha value is -0.770. The van der Waals surface area contributed by atoms with Crippen LogP contribution in [0.4, 0.5) is 4.79 Å². The van der Waals surface area contributed by atoms with E-state index < -0.39 is 5.60 Å². The molecule has 1 fully saturated rings. The SMILES string of the molecule is CC(C)(C)OC(=O)N1CCC[C@H]1C[NH3+]. The molecule has 4 nitrogen and oxygen atoms in total. The van der Waals surface area contributed by atoms with Crippen LogP contribution >= 0.6 is 0 Å². The van der Waals surface area contributed by atoms with Crippen molar-refractivity contribution >= 4 is 6.09 Å². The van der Waals surface area contributed by atoms with Gasteiger partial charge in [-0.05, 0) is 33.6 Å². The molecule has 4 heteroatoms. The van der Waals surface area contributed by atoms with Crippen molar-refractivity contribution in [3.8, 4) is 0 Å². The second-order valence-corrected chi connectivity index (χ2v) is 4.76. The van der Waals surface area contributed by atoms with Crippen molar-refractivity contribution in [2.75, 3.05) is 13.1 Å². The zero-order valence-corrected chi connectivity index (χ0v) is 9.38. The number of carbonyl (C=O) groups is 1. The molecule has 0 spiro atoms. The fourth-order valence-corrected chi connectivity index (χ4v) is 1.70. The minimum absolute atomic E-state index is 0.191.